The summed E-state index contributed by atoms with van der Waals surface area (Å²) in [6.45, 7) is 2.45. The van der Waals surface area contributed by atoms with Crippen LogP contribution in [0, 0.1) is 0 Å². The topological polar surface area (TPSA) is 87.6 Å². The van der Waals surface area contributed by atoms with Crippen LogP contribution in [-0.4, -0.2) is 65.3 Å². The lowest BCUT2D eigenvalue weighted by atomic mass is 10.0. The van der Waals surface area contributed by atoms with E-state index in [-0.39, 0.29) is 24.6 Å². The summed E-state index contributed by atoms with van der Waals surface area (Å²) in [6.07, 6.45) is 6.22. The van der Waals surface area contributed by atoms with Crippen molar-refractivity contribution in [3.05, 3.63) is 18.0 Å². The molecule has 1 aliphatic heterocycles. The van der Waals surface area contributed by atoms with E-state index in [4.69, 9.17) is 4.74 Å². The molecule has 0 radical (unpaired) electrons. The van der Waals surface area contributed by atoms with E-state index in [2.05, 4.69) is 20.2 Å². The molecule has 1 saturated heterocycles. The number of nitrogens with zero attached hydrogens (tertiary/aromatic N) is 3. The van der Waals surface area contributed by atoms with E-state index < -0.39 is 0 Å². The van der Waals surface area contributed by atoms with Crippen molar-refractivity contribution < 1.29 is 14.6 Å². The third-order valence-electron chi connectivity index (χ3n) is 3.72. The molecule has 1 aromatic rings. The first-order chi connectivity index (χ1) is 10.2. The van der Waals surface area contributed by atoms with E-state index in [0.717, 1.165) is 32.4 Å². The Morgan fingerprint density at radius 1 is 1.48 bits per heavy atom. The van der Waals surface area contributed by atoms with Crippen LogP contribution in [0.25, 0.3) is 0 Å². The number of hydrogen-bond acceptors (Lipinski definition) is 6. The van der Waals surface area contributed by atoms with E-state index >= 15 is 0 Å². The number of nitrogens with one attached hydrogen (secondary N) is 1. The van der Waals surface area contributed by atoms with Crippen LogP contribution >= 0.6 is 0 Å². The molecule has 1 amide bonds. The van der Waals surface area contributed by atoms with Gasteiger partial charge in [-0.3, -0.25) is 9.69 Å². The second kappa shape index (κ2) is 7.90. The van der Waals surface area contributed by atoms with Crippen LogP contribution in [0.1, 0.15) is 29.6 Å². The van der Waals surface area contributed by atoms with Gasteiger partial charge >= 0.3 is 6.01 Å². The van der Waals surface area contributed by atoms with Crippen LogP contribution in [-0.2, 0) is 0 Å². The van der Waals surface area contributed by atoms with Gasteiger partial charge in [-0.05, 0) is 19.4 Å². The van der Waals surface area contributed by atoms with Gasteiger partial charge in [-0.1, -0.05) is 6.42 Å². The largest absolute Gasteiger partial charge is 0.467 e. The highest BCUT2D eigenvalue weighted by Crippen LogP contribution is 2.15. The monoisotopic (exact) mass is 294 g/mol. The number of aromatic nitrogens is 2. The molecule has 21 heavy (non-hydrogen) atoms. The number of carbonyl (C=O) groups excluding carboxylic acids is 1. The molecule has 7 nitrogen and oxygen atoms in total. The van der Waals surface area contributed by atoms with Crippen molar-refractivity contribution in [3.63, 3.8) is 0 Å². The molecule has 0 aromatic carbocycles. The Hall–Kier alpha value is -1.73. The highest BCUT2D eigenvalue weighted by Gasteiger charge is 2.21. The maximum atomic E-state index is 11.9. The standard InChI is InChI=1S/C14H22N4O3/c1-21-14-16-8-11(9-17-14)13(20)15-5-7-18-6-3-2-4-12(18)10-19/h8-9,12,19H,2-7,10H2,1H3,(H,15,20)/t12-/m1/s1. The van der Waals surface area contributed by atoms with Crippen molar-refractivity contribution >= 4 is 5.91 Å². The minimum atomic E-state index is -0.199. The lowest BCUT2D eigenvalue weighted by Gasteiger charge is -2.34. The molecule has 7 heteroatoms. The van der Waals surface area contributed by atoms with Gasteiger partial charge in [0.2, 0.25) is 0 Å². The van der Waals surface area contributed by atoms with Gasteiger partial charge in [0.1, 0.15) is 0 Å². The Morgan fingerprint density at radius 3 is 2.90 bits per heavy atom. The van der Waals surface area contributed by atoms with Gasteiger partial charge in [0, 0.05) is 31.5 Å². The maximum Gasteiger partial charge on any atom is 0.316 e. The fourth-order valence-electron chi connectivity index (χ4n) is 2.52. The first-order valence-corrected chi connectivity index (χ1v) is 7.23. The molecule has 0 bridgehead atoms. The molecule has 2 heterocycles. The first kappa shape index (κ1) is 15.7. The number of rotatable bonds is 6. The van der Waals surface area contributed by atoms with Gasteiger partial charge in [-0.25, -0.2) is 9.97 Å². The molecule has 2 N–H and O–H groups in total. The third-order valence-corrected chi connectivity index (χ3v) is 3.72. The van der Waals surface area contributed by atoms with Gasteiger partial charge < -0.3 is 15.2 Å². The maximum absolute atomic E-state index is 11.9. The molecule has 0 spiro atoms. The van der Waals surface area contributed by atoms with Crippen molar-refractivity contribution in [2.24, 2.45) is 0 Å². The van der Waals surface area contributed by atoms with Crippen molar-refractivity contribution in [2.75, 3.05) is 33.4 Å². The molecule has 1 aliphatic rings. The summed E-state index contributed by atoms with van der Waals surface area (Å²) in [5, 5.41) is 12.2. The summed E-state index contributed by atoms with van der Waals surface area (Å²) in [5.41, 5.74) is 0.410. The average Bonchev–Trinajstić information content (AvgIpc) is 2.55. The van der Waals surface area contributed by atoms with Gasteiger partial charge in [-0.15, -0.1) is 0 Å². The van der Waals surface area contributed by atoms with Crippen molar-refractivity contribution in [1.82, 2.24) is 20.2 Å². The lowest BCUT2D eigenvalue weighted by molar-refractivity contribution is 0.0849. The molecule has 116 valence electrons. The highest BCUT2D eigenvalue weighted by molar-refractivity contribution is 5.93. The van der Waals surface area contributed by atoms with Crippen LogP contribution in [0.5, 0.6) is 6.01 Å². The number of hydrogen-bond donors (Lipinski definition) is 2. The molecule has 1 aromatic heterocycles. The first-order valence-electron chi connectivity index (χ1n) is 7.23. The van der Waals surface area contributed by atoms with Crippen molar-refractivity contribution in [3.8, 4) is 6.01 Å². The molecule has 0 saturated carbocycles. The predicted molar refractivity (Wildman–Crippen MR) is 77.2 cm³/mol. The molecular weight excluding hydrogens is 272 g/mol. The number of likely N-dealkylation sites (tertiary alicyclic amines) is 1. The van der Waals surface area contributed by atoms with E-state index in [0.29, 0.717) is 12.1 Å². The number of aliphatic hydroxyl groups excluding tert-OH is 1. The van der Waals surface area contributed by atoms with Crippen LogP contribution < -0.4 is 10.1 Å². The average molecular weight is 294 g/mol. The predicted octanol–water partition coefficient (Wildman–Crippen LogP) is 0.0618. The van der Waals surface area contributed by atoms with Gasteiger partial charge in [-0.2, -0.15) is 0 Å². The van der Waals surface area contributed by atoms with Crippen LogP contribution in [0.3, 0.4) is 0 Å². The van der Waals surface area contributed by atoms with Gasteiger partial charge in [0.15, 0.2) is 0 Å². The number of ether oxygens (including phenoxy) is 1. The summed E-state index contributed by atoms with van der Waals surface area (Å²) in [7, 11) is 1.48. The number of piperidine rings is 1. The summed E-state index contributed by atoms with van der Waals surface area (Å²) < 4.78 is 4.85. The van der Waals surface area contributed by atoms with Crippen LogP contribution in [0.15, 0.2) is 12.4 Å². The fraction of sp³-hybridized carbons (Fsp3) is 0.643. The molecular formula is C14H22N4O3. The van der Waals surface area contributed by atoms with Gasteiger partial charge in [0.05, 0.1) is 19.3 Å². The lowest BCUT2D eigenvalue weighted by Crippen LogP contribution is -2.45. The Balaban J connectivity index is 1.77. The van der Waals surface area contributed by atoms with E-state index in [1.54, 1.807) is 0 Å². The van der Waals surface area contributed by atoms with E-state index in [1.807, 2.05) is 0 Å². The summed E-state index contributed by atoms with van der Waals surface area (Å²) in [5.74, 6) is -0.199. The SMILES string of the molecule is COc1ncc(C(=O)NCCN2CCCC[C@@H]2CO)cn1. The van der Waals surface area contributed by atoms with Crippen LogP contribution in [0.2, 0.25) is 0 Å². The quantitative estimate of drug-likeness (QED) is 0.771. The van der Waals surface area contributed by atoms with Gasteiger partial charge in [0.25, 0.3) is 5.91 Å². The second-order valence-corrected chi connectivity index (χ2v) is 5.08. The third kappa shape index (κ3) is 4.37. The zero-order valence-electron chi connectivity index (χ0n) is 12.3. The summed E-state index contributed by atoms with van der Waals surface area (Å²) >= 11 is 0. The zero-order chi connectivity index (χ0) is 15.1. The number of methoxy groups -OCH3 is 1. The molecule has 1 atom stereocenters. The van der Waals surface area contributed by atoms with E-state index in [9.17, 15) is 9.90 Å². The molecule has 0 aliphatic carbocycles. The molecule has 0 unspecified atom stereocenters. The normalized spacial score (nSPS) is 19.2. The molecule has 2 rings (SSSR count). The minimum absolute atomic E-state index is 0.181. The number of aliphatic hydroxyl groups is 1. The zero-order valence-corrected chi connectivity index (χ0v) is 12.3. The Morgan fingerprint density at radius 2 is 2.24 bits per heavy atom. The van der Waals surface area contributed by atoms with E-state index in [1.165, 1.54) is 19.5 Å². The fourth-order valence-corrected chi connectivity index (χ4v) is 2.52. The number of carbonyl (C=O) groups is 1. The Bertz CT molecular complexity index is 452. The van der Waals surface area contributed by atoms with Crippen molar-refractivity contribution in [1.29, 1.82) is 0 Å². The van der Waals surface area contributed by atoms with Crippen molar-refractivity contribution in [2.45, 2.75) is 25.3 Å². The summed E-state index contributed by atoms with van der Waals surface area (Å²) in [6, 6.07) is 0.464. The number of amides is 1. The smallest absolute Gasteiger partial charge is 0.316 e. The Labute approximate surface area is 124 Å². The second-order valence-electron chi connectivity index (χ2n) is 5.08. The molecule has 1 fully saturated rings. The van der Waals surface area contributed by atoms with Crippen LogP contribution in [0.4, 0.5) is 0 Å². The summed E-state index contributed by atoms with van der Waals surface area (Å²) in [4.78, 5) is 22.0. The highest BCUT2D eigenvalue weighted by atomic mass is 16.5. The minimum Gasteiger partial charge on any atom is -0.467 e. The Kier molecular flexibility index (Phi) is 5.89.